The van der Waals surface area contributed by atoms with Crippen molar-refractivity contribution in [2.75, 3.05) is 26.4 Å². The Bertz CT molecular complexity index is 399. The average Bonchev–Trinajstić information content (AvgIpc) is 2.53. The van der Waals surface area contributed by atoms with Crippen molar-refractivity contribution in [2.24, 2.45) is 23.7 Å². The minimum absolute atomic E-state index is 0.392. The lowest BCUT2D eigenvalue weighted by Gasteiger charge is -2.27. The van der Waals surface area contributed by atoms with Crippen LogP contribution in [-0.4, -0.2) is 26.4 Å². The van der Waals surface area contributed by atoms with Gasteiger partial charge in [-0.25, -0.2) is 0 Å². The maximum absolute atomic E-state index is 5.99. The van der Waals surface area contributed by atoms with Gasteiger partial charge in [0.1, 0.15) is 0 Å². The lowest BCUT2D eigenvalue weighted by molar-refractivity contribution is 0.218. The van der Waals surface area contributed by atoms with Crippen LogP contribution < -0.4 is 0 Å². The second kappa shape index (κ2) is 14.0. The number of hydrogen-bond acceptors (Lipinski definition) is 8. The van der Waals surface area contributed by atoms with E-state index in [1.54, 1.807) is 0 Å². The van der Waals surface area contributed by atoms with Gasteiger partial charge in [-0.15, -0.1) is 0 Å². The maximum atomic E-state index is 5.99. The van der Waals surface area contributed by atoms with Gasteiger partial charge in [0.2, 0.25) is 0 Å². The van der Waals surface area contributed by atoms with Crippen LogP contribution in [0.1, 0.15) is 55.4 Å². The van der Waals surface area contributed by atoms with E-state index in [9.17, 15) is 0 Å². The van der Waals surface area contributed by atoms with Crippen LogP contribution >= 0.6 is 32.2 Å². The average molecular weight is 483 g/mol. The van der Waals surface area contributed by atoms with E-state index < -0.39 is 11.4 Å². The fourth-order valence-electron chi connectivity index (χ4n) is 1.20. The summed E-state index contributed by atoms with van der Waals surface area (Å²) in [6.45, 7) is 19.1. The number of rotatable bonds is 15. The molecule has 0 aromatic carbocycles. The summed E-state index contributed by atoms with van der Waals surface area (Å²) in [4.78, 5) is 0. The van der Waals surface area contributed by atoms with Gasteiger partial charge in [-0.3, -0.25) is 0 Å². The van der Waals surface area contributed by atoms with Crippen molar-refractivity contribution < 1.29 is 18.1 Å². The Morgan fingerprint density at radius 2 is 0.731 bits per heavy atom. The molecule has 0 aromatic heterocycles. The van der Waals surface area contributed by atoms with Crippen molar-refractivity contribution in [1.29, 1.82) is 0 Å². The molecular weight excluding hydrogens is 446 g/mol. The third-order valence-electron chi connectivity index (χ3n) is 2.48. The molecule has 0 atom stereocenters. The van der Waals surface area contributed by atoms with Crippen LogP contribution in [0.25, 0.3) is 0 Å². The highest BCUT2D eigenvalue weighted by atomic mass is 33.5. The Balaban J connectivity index is 5.03. The Morgan fingerprint density at radius 3 is 0.885 bits per heavy atom. The van der Waals surface area contributed by atoms with Crippen molar-refractivity contribution in [1.82, 2.24) is 0 Å². The summed E-state index contributed by atoms with van der Waals surface area (Å²) in [5.74, 6) is 1.57. The topological polar surface area (TPSA) is 36.9 Å². The first kappa shape index (κ1) is 27.8. The molecular formula is C16H36O4P2S4. The highest BCUT2D eigenvalue weighted by Crippen LogP contribution is 2.77. The van der Waals surface area contributed by atoms with Gasteiger partial charge in [-0.2, -0.15) is 0 Å². The van der Waals surface area contributed by atoms with Crippen LogP contribution in [0.5, 0.6) is 0 Å². The standard InChI is InChI=1S/C16H36O4P2S4/c1-13(2)9-17-21(23,18-10-14(3)4)25-26-22(24,19-11-15(5)6)20-12-16(7)8/h13-16H,9-12H2,1-8H3. The van der Waals surface area contributed by atoms with E-state index in [2.05, 4.69) is 55.4 Å². The van der Waals surface area contributed by atoms with E-state index in [0.29, 0.717) is 50.1 Å². The molecule has 0 heterocycles. The van der Waals surface area contributed by atoms with Gasteiger partial charge in [0.25, 0.3) is 11.4 Å². The molecule has 0 aliphatic carbocycles. The van der Waals surface area contributed by atoms with Crippen LogP contribution in [0.15, 0.2) is 0 Å². The Labute approximate surface area is 178 Å². The van der Waals surface area contributed by atoms with E-state index in [1.807, 2.05) is 0 Å². The monoisotopic (exact) mass is 482 g/mol. The summed E-state index contributed by atoms with van der Waals surface area (Å²) in [5, 5.41) is 0. The fraction of sp³-hybridized carbons (Fsp3) is 1.00. The summed E-state index contributed by atoms with van der Waals surface area (Å²) < 4.78 is 24.0. The zero-order chi connectivity index (χ0) is 20.4. The predicted octanol–water partition coefficient (Wildman–Crippen LogP) is 7.51. The summed E-state index contributed by atoms with van der Waals surface area (Å²) in [7, 11) is 2.82. The lowest BCUT2D eigenvalue weighted by Crippen LogP contribution is -2.05. The van der Waals surface area contributed by atoms with Gasteiger partial charge in [-0.05, 0) is 47.3 Å². The Hall–Kier alpha value is 1.84. The third-order valence-corrected chi connectivity index (χ3v) is 17.6. The smallest absolute Gasteiger partial charge is 0.258 e. The Kier molecular flexibility index (Phi) is 14.9. The maximum Gasteiger partial charge on any atom is 0.258 e. The summed E-state index contributed by atoms with van der Waals surface area (Å²) in [6.07, 6.45) is 0. The zero-order valence-corrected chi connectivity index (χ0v) is 22.4. The minimum atomic E-state index is -2.50. The van der Waals surface area contributed by atoms with E-state index >= 15 is 0 Å². The van der Waals surface area contributed by atoms with Crippen molar-refractivity contribution in [2.45, 2.75) is 55.4 Å². The van der Waals surface area contributed by atoms with Crippen LogP contribution in [0.4, 0.5) is 0 Å². The molecule has 0 amide bonds. The molecule has 0 bridgehead atoms. The van der Waals surface area contributed by atoms with Crippen molar-refractivity contribution in [3.63, 3.8) is 0 Å². The second-order valence-corrected chi connectivity index (χ2v) is 21.7. The van der Waals surface area contributed by atoms with Crippen molar-refractivity contribution in [3.8, 4) is 0 Å². The van der Waals surface area contributed by atoms with E-state index in [0.717, 1.165) is 0 Å². The highest BCUT2D eigenvalue weighted by Gasteiger charge is 2.30. The van der Waals surface area contributed by atoms with Crippen molar-refractivity contribution in [3.05, 3.63) is 0 Å². The van der Waals surface area contributed by atoms with Crippen LogP contribution in [0.3, 0.4) is 0 Å². The molecule has 0 aliphatic heterocycles. The quantitative estimate of drug-likeness (QED) is 0.175. The molecule has 4 nitrogen and oxygen atoms in total. The normalized spacial score (nSPS) is 13.5. The molecule has 10 heteroatoms. The molecule has 0 spiro atoms. The predicted molar refractivity (Wildman–Crippen MR) is 127 cm³/mol. The van der Waals surface area contributed by atoms with Crippen LogP contribution in [0.2, 0.25) is 0 Å². The molecule has 26 heavy (non-hydrogen) atoms. The molecule has 0 saturated heterocycles. The summed E-state index contributed by atoms with van der Waals surface area (Å²) in [5.41, 5.74) is -5.01. The van der Waals surface area contributed by atoms with E-state index in [1.165, 1.54) is 20.8 Å². The fourth-order valence-corrected chi connectivity index (χ4v) is 17.9. The molecule has 0 saturated carbocycles. The third kappa shape index (κ3) is 14.8. The SMILES string of the molecule is CC(C)COP(=S)(OCC(C)C)SSP(=S)(OCC(C)C)OCC(C)C. The lowest BCUT2D eigenvalue weighted by atomic mass is 10.2. The summed E-state index contributed by atoms with van der Waals surface area (Å²) >= 11 is 11.5. The van der Waals surface area contributed by atoms with E-state index in [4.69, 9.17) is 41.7 Å². The van der Waals surface area contributed by atoms with Gasteiger partial charge < -0.3 is 18.1 Å². The highest BCUT2D eigenvalue weighted by molar-refractivity contribution is 9.17. The molecule has 0 aliphatic rings. The first-order valence-corrected chi connectivity index (χ1v) is 17.7. The molecule has 0 fully saturated rings. The number of hydrogen-bond donors (Lipinski definition) is 0. The molecule has 0 unspecified atom stereocenters. The van der Waals surface area contributed by atoms with Crippen LogP contribution in [-0.2, 0) is 41.7 Å². The van der Waals surface area contributed by atoms with E-state index in [-0.39, 0.29) is 0 Å². The van der Waals surface area contributed by atoms with Gasteiger partial charge in [0.15, 0.2) is 0 Å². The molecule has 0 N–H and O–H groups in total. The Morgan fingerprint density at radius 1 is 0.538 bits per heavy atom. The van der Waals surface area contributed by atoms with Gasteiger partial charge in [-0.1, -0.05) is 55.4 Å². The zero-order valence-electron chi connectivity index (χ0n) is 17.3. The molecule has 0 rings (SSSR count). The van der Waals surface area contributed by atoms with Gasteiger partial charge in [0, 0.05) is 20.8 Å². The molecule has 158 valence electrons. The molecule has 0 aromatic rings. The first-order valence-electron chi connectivity index (χ1n) is 9.03. The van der Waals surface area contributed by atoms with Gasteiger partial charge >= 0.3 is 0 Å². The largest absolute Gasteiger partial charge is 0.321 e. The summed E-state index contributed by atoms with van der Waals surface area (Å²) in [6, 6.07) is 0. The van der Waals surface area contributed by atoms with Crippen LogP contribution in [0, 0.1) is 23.7 Å². The van der Waals surface area contributed by atoms with Gasteiger partial charge in [0.05, 0.1) is 26.4 Å². The second-order valence-electron chi connectivity index (χ2n) is 7.80. The van der Waals surface area contributed by atoms with Crippen molar-refractivity contribution >= 4 is 55.8 Å². The minimum Gasteiger partial charge on any atom is -0.321 e. The first-order chi connectivity index (χ1) is 11.9. The molecule has 0 radical (unpaired) electrons.